The van der Waals surface area contributed by atoms with Gasteiger partial charge in [-0.3, -0.25) is 10.1 Å². The van der Waals surface area contributed by atoms with Gasteiger partial charge in [0.15, 0.2) is 10.4 Å². The van der Waals surface area contributed by atoms with Crippen LogP contribution in [0.2, 0.25) is 0 Å². The van der Waals surface area contributed by atoms with Gasteiger partial charge in [0.1, 0.15) is 11.5 Å². The molecule has 0 bridgehead atoms. The Hall–Kier alpha value is -1.80. The van der Waals surface area contributed by atoms with Crippen molar-refractivity contribution in [1.82, 2.24) is 10.2 Å². The van der Waals surface area contributed by atoms with Crippen LogP contribution in [0.25, 0.3) is 0 Å². The first-order valence-corrected chi connectivity index (χ1v) is 9.00. The van der Waals surface area contributed by atoms with Crippen LogP contribution < -0.4 is 14.8 Å². The van der Waals surface area contributed by atoms with Crippen molar-refractivity contribution in [2.45, 2.75) is 30.7 Å². The molecule has 2 aromatic rings. The smallest absolute Gasteiger partial charge is 0.266 e. The highest BCUT2D eigenvalue weighted by Crippen LogP contribution is 2.26. The Kier molecular flexibility index (Phi) is 6.66. The minimum atomic E-state index is -0.655. The average molecular weight is 353 g/mol. The van der Waals surface area contributed by atoms with Crippen LogP contribution in [-0.2, 0) is 4.79 Å². The normalized spacial score (nSPS) is 11.8. The lowest BCUT2D eigenvalue weighted by atomic mass is 10.3. The third kappa shape index (κ3) is 5.40. The van der Waals surface area contributed by atoms with Crippen LogP contribution in [-0.4, -0.2) is 35.1 Å². The van der Waals surface area contributed by atoms with Crippen LogP contribution in [0.1, 0.15) is 20.3 Å². The van der Waals surface area contributed by atoms with Crippen LogP contribution in [0.4, 0.5) is 5.13 Å². The third-order valence-electron chi connectivity index (χ3n) is 2.79. The van der Waals surface area contributed by atoms with Crippen molar-refractivity contribution in [3.05, 3.63) is 24.3 Å². The highest BCUT2D eigenvalue weighted by Gasteiger charge is 2.17. The summed E-state index contributed by atoms with van der Waals surface area (Å²) in [4.78, 5) is 12.2. The predicted octanol–water partition coefficient (Wildman–Crippen LogP) is 3.45. The van der Waals surface area contributed by atoms with Gasteiger partial charge < -0.3 is 9.47 Å². The van der Waals surface area contributed by atoms with E-state index < -0.39 is 6.10 Å². The highest BCUT2D eigenvalue weighted by atomic mass is 32.2. The Morgan fingerprint density at radius 2 is 2.17 bits per heavy atom. The molecule has 1 N–H and O–H groups in total. The summed E-state index contributed by atoms with van der Waals surface area (Å²) >= 11 is 3.00. The second kappa shape index (κ2) is 8.73. The Morgan fingerprint density at radius 3 is 2.91 bits per heavy atom. The number of benzene rings is 1. The fourth-order valence-electron chi connectivity index (χ4n) is 1.65. The topological polar surface area (TPSA) is 73.3 Å². The predicted molar refractivity (Wildman–Crippen MR) is 92.6 cm³/mol. The molecule has 6 nitrogen and oxygen atoms in total. The van der Waals surface area contributed by atoms with E-state index in [-0.39, 0.29) is 5.91 Å². The van der Waals surface area contributed by atoms with E-state index in [1.807, 2.05) is 6.07 Å². The van der Waals surface area contributed by atoms with Gasteiger partial charge in [-0.1, -0.05) is 36.1 Å². The van der Waals surface area contributed by atoms with Gasteiger partial charge in [-0.2, -0.15) is 0 Å². The van der Waals surface area contributed by atoms with Crippen molar-refractivity contribution in [1.29, 1.82) is 0 Å². The number of anilines is 1. The van der Waals surface area contributed by atoms with E-state index in [1.165, 1.54) is 11.3 Å². The van der Waals surface area contributed by atoms with E-state index in [1.54, 1.807) is 44.0 Å². The molecule has 2 rings (SSSR count). The quantitative estimate of drug-likeness (QED) is 0.579. The number of methoxy groups -OCH3 is 1. The zero-order valence-corrected chi connectivity index (χ0v) is 14.9. The maximum atomic E-state index is 12.2. The zero-order chi connectivity index (χ0) is 16.7. The summed E-state index contributed by atoms with van der Waals surface area (Å²) in [5.41, 5.74) is 0. The maximum Gasteiger partial charge on any atom is 0.266 e. The molecular formula is C15H19N3O3S2. The van der Waals surface area contributed by atoms with Crippen molar-refractivity contribution < 1.29 is 14.3 Å². The first-order valence-electron chi connectivity index (χ1n) is 7.20. The monoisotopic (exact) mass is 353 g/mol. The molecule has 0 saturated carbocycles. The Morgan fingerprint density at radius 1 is 1.39 bits per heavy atom. The van der Waals surface area contributed by atoms with Gasteiger partial charge in [-0.05, 0) is 25.5 Å². The van der Waals surface area contributed by atoms with Crippen LogP contribution in [0.5, 0.6) is 11.5 Å². The zero-order valence-electron chi connectivity index (χ0n) is 13.2. The van der Waals surface area contributed by atoms with E-state index >= 15 is 0 Å². The number of hydrogen-bond donors (Lipinski definition) is 1. The van der Waals surface area contributed by atoms with Gasteiger partial charge in [0.05, 0.1) is 7.11 Å². The average Bonchev–Trinajstić information content (AvgIpc) is 3.00. The van der Waals surface area contributed by atoms with Crippen molar-refractivity contribution in [2.75, 3.05) is 18.2 Å². The molecule has 8 heteroatoms. The molecule has 1 aromatic heterocycles. The van der Waals surface area contributed by atoms with Crippen LogP contribution in [0.3, 0.4) is 0 Å². The summed E-state index contributed by atoms with van der Waals surface area (Å²) in [5, 5.41) is 11.2. The number of carbonyl (C=O) groups excluding carboxylic acids is 1. The number of hydrogen-bond acceptors (Lipinski definition) is 7. The van der Waals surface area contributed by atoms with Crippen molar-refractivity contribution in [3.8, 4) is 11.5 Å². The van der Waals surface area contributed by atoms with Crippen LogP contribution in [0, 0.1) is 0 Å². The van der Waals surface area contributed by atoms with Gasteiger partial charge in [0, 0.05) is 11.8 Å². The molecule has 23 heavy (non-hydrogen) atoms. The first-order chi connectivity index (χ1) is 11.1. The molecule has 0 aliphatic heterocycles. The van der Waals surface area contributed by atoms with E-state index in [9.17, 15) is 4.79 Å². The number of amides is 1. The van der Waals surface area contributed by atoms with E-state index in [4.69, 9.17) is 9.47 Å². The summed E-state index contributed by atoms with van der Waals surface area (Å²) in [6.07, 6.45) is 0.412. The summed E-state index contributed by atoms with van der Waals surface area (Å²) < 4.78 is 11.6. The molecule has 0 saturated heterocycles. The van der Waals surface area contributed by atoms with Crippen LogP contribution in [0.15, 0.2) is 28.6 Å². The molecule has 1 heterocycles. The first kappa shape index (κ1) is 17.6. The summed E-state index contributed by atoms with van der Waals surface area (Å²) in [7, 11) is 1.58. The van der Waals surface area contributed by atoms with Crippen molar-refractivity contribution in [2.24, 2.45) is 0 Å². The molecule has 1 amide bonds. The Bertz CT molecular complexity index is 648. The lowest BCUT2D eigenvalue weighted by molar-refractivity contribution is -0.122. The molecule has 0 unspecified atom stereocenters. The van der Waals surface area contributed by atoms with Gasteiger partial charge in [0.25, 0.3) is 5.91 Å². The largest absolute Gasteiger partial charge is 0.497 e. The molecule has 0 aliphatic rings. The SMILES string of the molecule is CCCSc1nnc(NC(=O)[C@@H](C)Oc2cccc(OC)c2)s1. The molecule has 1 aromatic carbocycles. The van der Waals surface area contributed by atoms with E-state index in [0.29, 0.717) is 16.6 Å². The standard InChI is InChI=1S/C15H19N3O3S2/c1-4-8-22-15-18-17-14(23-15)16-13(19)10(2)21-12-7-5-6-11(9-12)20-3/h5-7,9-10H,4,8H2,1-3H3,(H,16,17,19)/t10-/m1/s1. The minimum absolute atomic E-state index is 0.268. The lowest BCUT2D eigenvalue weighted by Gasteiger charge is -2.14. The number of rotatable bonds is 8. The Balaban J connectivity index is 1.90. The number of aromatic nitrogens is 2. The van der Waals surface area contributed by atoms with Gasteiger partial charge in [0.2, 0.25) is 5.13 Å². The second-order valence-corrected chi connectivity index (χ2v) is 6.97. The molecule has 1 atom stereocenters. The molecule has 0 aliphatic carbocycles. The summed E-state index contributed by atoms with van der Waals surface area (Å²) in [5.74, 6) is 1.97. The number of ether oxygens (including phenoxy) is 2. The Labute approximate surface area is 143 Å². The highest BCUT2D eigenvalue weighted by molar-refractivity contribution is 8.01. The number of carbonyl (C=O) groups is 1. The lowest BCUT2D eigenvalue weighted by Crippen LogP contribution is -2.30. The van der Waals surface area contributed by atoms with Gasteiger partial charge in [-0.25, -0.2) is 0 Å². The summed E-state index contributed by atoms with van der Waals surface area (Å²) in [6, 6.07) is 7.13. The number of nitrogens with zero attached hydrogens (tertiary/aromatic N) is 2. The molecule has 0 radical (unpaired) electrons. The van der Waals surface area contributed by atoms with E-state index in [0.717, 1.165) is 16.5 Å². The third-order valence-corrected chi connectivity index (χ3v) is 4.97. The minimum Gasteiger partial charge on any atom is -0.497 e. The molecule has 124 valence electrons. The number of nitrogens with one attached hydrogen (secondary N) is 1. The fraction of sp³-hybridized carbons (Fsp3) is 0.400. The van der Waals surface area contributed by atoms with Crippen molar-refractivity contribution in [3.63, 3.8) is 0 Å². The van der Waals surface area contributed by atoms with E-state index in [2.05, 4.69) is 22.4 Å². The molecule has 0 spiro atoms. The van der Waals surface area contributed by atoms with Crippen molar-refractivity contribution >= 4 is 34.1 Å². The van der Waals surface area contributed by atoms with Crippen LogP contribution >= 0.6 is 23.1 Å². The van der Waals surface area contributed by atoms with Gasteiger partial charge >= 0.3 is 0 Å². The van der Waals surface area contributed by atoms with Gasteiger partial charge in [-0.15, -0.1) is 10.2 Å². The number of thioether (sulfide) groups is 1. The fourth-order valence-corrected chi connectivity index (χ4v) is 3.33. The summed E-state index contributed by atoms with van der Waals surface area (Å²) in [6.45, 7) is 3.79. The molecular weight excluding hydrogens is 334 g/mol. The maximum absolute atomic E-state index is 12.2. The second-order valence-electron chi connectivity index (χ2n) is 4.65. The molecule has 0 fully saturated rings.